The third-order valence-corrected chi connectivity index (χ3v) is 2.74. The van der Waals surface area contributed by atoms with Crippen LogP contribution >= 0.6 is 11.6 Å². The molecule has 0 radical (unpaired) electrons. The van der Waals surface area contributed by atoms with Crippen LogP contribution in [0.15, 0.2) is 24.3 Å². The van der Waals surface area contributed by atoms with Gasteiger partial charge in [-0.1, -0.05) is 23.7 Å². The fourth-order valence-electron chi connectivity index (χ4n) is 1.41. The molecule has 1 aliphatic rings. The summed E-state index contributed by atoms with van der Waals surface area (Å²) < 4.78 is 0. The zero-order chi connectivity index (χ0) is 12.3. The largest absolute Gasteiger partial charge is 0.353 e. The SMILES string of the molecule is O=C(CC(=O)NC1CC1)Nc1ccccc1Cl. The van der Waals surface area contributed by atoms with Crippen LogP contribution in [0.1, 0.15) is 19.3 Å². The second-order valence-electron chi connectivity index (χ2n) is 4.05. The number of benzene rings is 1. The maximum absolute atomic E-state index is 11.5. The van der Waals surface area contributed by atoms with E-state index in [9.17, 15) is 9.59 Å². The molecule has 0 aliphatic heterocycles. The topological polar surface area (TPSA) is 58.2 Å². The van der Waals surface area contributed by atoms with E-state index in [-0.39, 0.29) is 24.3 Å². The lowest BCUT2D eigenvalue weighted by atomic mass is 10.3. The average molecular weight is 253 g/mol. The van der Waals surface area contributed by atoms with Gasteiger partial charge >= 0.3 is 0 Å². The molecule has 0 heterocycles. The quantitative estimate of drug-likeness (QED) is 0.805. The Morgan fingerprint density at radius 1 is 1.24 bits per heavy atom. The second-order valence-corrected chi connectivity index (χ2v) is 4.45. The Kier molecular flexibility index (Phi) is 3.64. The lowest BCUT2D eigenvalue weighted by molar-refractivity contribution is -0.126. The molecule has 4 nitrogen and oxygen atoms in total. The molecule has 0 aromatic heterocycles. The lowest BCUT2D eigenvalue weighted by Gasteiger charge is -2.07. The van der Waals surface area contributed by atoms with E-state index in [1.807, 2.05) is 0 Å². The fourth-order valence-corrected chi connectivity index (χ4v) is 1.59. The first-order valence-electron chi connectivity index (χ1n) is 5.49. The highest BCUT2D eigenvalue weighted by molar-refractivity contribution is 6.33. The highest BCUT2D eigenvalue weighted by Crippen LogP contribution is 2.21. The standard InChI is InChI=1S/C12H13ClN2O2/c13-9-3-1-2-4-10(9)15-12(17)7-11(16)14-8-5-6-8/h1-4,8H,5-7H2,(H,14,16)(H,15,17). The normalized spacial score (nSPS) is 14.2. The molecular formula is C12H13ClN2O2. The van der Waals surface area contributed by atoms with E-state index in [1.54, 1.807) is 24.3 Å². The molecule has 1 aromatic rings. The van der Waals surface area contributed by atoms with Gasteiger partial charge in [-0.3, -0.25) is 9.59 Å². The molecule has 1 fully saturated rings. The van der Waals surface area contributed by atoms with Crippen molar-refractivity contribution in [2.24, 2.45) is 0 Å². The van der Waals surface area contributed by atoms with Gasteiger partial charge in [0.2, 0.25) is 11.8 Å². The van der Waals surface area contributed by atoms with E-state index in [4.69, 9.17) is 11.6 Å². The number of amides is 2. The maximum atomic E-state index is 11.5. The van der Waals surface area contributed by atoms with Crippen molar-refractivity contribution in [2.75, 3.05) is 5.32 Å². The fraction of sp³-hybridized carbons (Fsp3) is 0.333. The minimum absolute atomic E-state index is 0.165. The smallest absolute Gasteiger partial charge is 0.233 e. The van der Waals surface area contributed by atoms with Crippen molar-refractivity contribution in [3.05, 3.63) is 29.3 Å². The highest BCUT2D eigenvalue weighted by Gasteiger charge is 2.24. The van der Waals surface area contributed by atoms with Crippen LogP contribution in [0.5, 0.6) is 0 Å². The molecule has 0 saturated heterocycles. The number of carbonyl (C=O) groups excluding carboxylic acids is 2. The van der Waals surface area contributed by atoms with E-state index in [2.05, 4.69) is 10.6 Å². The summed E-state index contributed by atoms with van der Waals surface area (Å²) in [4.78, 5) is 22.9. The molecule has 2 N–H and O–H groups in total. The molecule has 90 valence electrons. The van der Waals surface area contributed by atoms with Gasteiger partial charge in [0.1, 0.15) is 6.42 Å². The molecule has 1 aromatic carbocycles. The molecule has 17 heavy (non-hydrogen) atoms. The number of hydrogen-bond acceptors (Lipinski definition) is 2. The first-order valence-corrected chi connectivity index (χ1v) is 5.86. The molecule has 0 unspecified atom stereocenters. The highest BCUT2D eigenvalue weighted by atomic mass is 35.5. The summed E-state index contributed by atoms with van der Waals surface area (Å²) in [6.45, 7) is 0. The molecule has 2 rings (SSSR count). The molecule has 1 saturated carbocycles. The summed E-state index contributed by atoms with van der Waals surface area (Å²) in [7, 11) is 0. The third kappa shape index (κ3) is 3.75. The maximum Gasteiger partial charge on any atom is 0.233 e. The minimum Gasteiger partial charge on any atom is -0.353 e. The van der Waals surface area contributed by atoms with Crippen LogP contribution < -0.4 is 10.6 Å². The molecule has 1 aliphatic carbocycles. The summed E-state index contributed by atoms with van der Waals surface area (Å²) in [5, 5.41) is 5.82. The summed E-state index contributed by atoms with van der Waals surface area (Å²) in [5.41, 5.74) is 0.526. The van der Waals surface area contributed by atoms with Crippen LogP contribution in [-0.4, -0.2) is 17.9 Å². The van der Waals surface area contributed by atoms with E-state index in [1.165, 1.54) is 0 Å². The van der Waals surface area contributed by atoms with Gasteiger partial charge in [0, 0.05) is 6.04 Å². The number of anilines is 1. The van der Waals surface area contributed by atoms with Gasteiger partial charge in [0.25, 0.3) is 0 Å². The Morgan fingerprint density at radius 3 is 2.59 bits per heavy atom. The van der Waals surface area contributed by atoms with E-state index >= 15 is 0 Å². The Hall–Kier alpha value is -1.55. The van der Waals surface area contributed by atoms with Crippen LogP contribution in [0.4, 0.5) is 5.69 Å². The van der Waals surface area contributed by atoms with Crippen LogP contribution in [0.25, 0.3) is 0 Å². The number of nitrogens with one attached hydrogen (secondary N) is 2. The Morgan fingerprint density at radius 2 is 1.94 bits per heavy atom. The number of hydrogen-bond donors (Lipinski definition) is 2. The van der Waals surface area contributed by atoms with Crippen molar-refractivity contribution in [3.63, 3.8) is 0 Å². The lowest BCUT2D eigenvalue weighted by Crippen LogP contribution is -2.29. The summed E-state index contributed by atoms with van der Waals surface area (Å²) in [6.07, 6.45) is 1.86. The van der Waals surface area contributed by atoms with Gasteiger partial charge in [-0.25, -0.2) is 0 Å². The van der Waals surface area contributed by atoms with Crippen LogP contribution in [0, 0.1) is 0 Å². The van der Waals surface area contributed by atoms with Crippen LogP contribution in [-0.2, 0) is 9.59 Å². The molecule has 0 bridgehead atoms. The van der Waals surface area contributed by atoms with Crippen molar-refractivity contribution in [1.29, 1.82) is 0 Å². The van der Waals surface area contributed by atoms with Gasteiger partial charge in [-0.15, -0.1) is 0 Å². The second kappa shape index (κ2) is 5.19. The Labute approximate surface area is 104 Å². The summed E-state index contributed by atoms with van der Waals surface area (Å²) in [6, 6.07) is 7.19. The number of para-hydroxylation sites is 1. The number of rotatable bonds is 4. The van der Waals surface area contributed by atoms with Crippen molar-refractivity contribution >= 4 is 29.1 Å². The average Bonchev–Trinajstić information content (AvgIpc) is 3.05. The van der Waals surface area contributed by atoms with E-state index in [0.29, 0.717) is 10.7 Å². The molecule has 0 atom stereocenters. The molecule has 2 amide bonds. The Balaban J connectivity index is 1.84. The molecular weight excluding hydrogens is 240 g/mol. The predicted molar refractivity (Wildman–Crippen MR) is 65.9 cm³/mol. The van der Waals surface area contributed by atoms with Gasteiger partial charge in [-0.05, 0) is 25.0 Å². The first-order chi connectivity index (χ1) is 8.15. The zero-order valence-electron chi connectivity index (χ0n) is 9.20. The van der Waals surface area contributed by atoms with Gasteiger partial charge in [0.05, 0.1) is 10.7 Å². The van der Waals surface area contributed by atoms with Gasteiger partial charge in [0.15, 0.2) is 0 Å². The van der Waals surface area contributed by atoms with Crippen molar-refractivity contribution in [3.8, 4) is 0 Å². The van der Waals surface area contributed by atoms with Crippen LogP contribution in [0.2, 0.25) is 5.02 Å². The monoisotopic (exact) mass is 252 g/mol. The van der Waals surface area contributed by atoms with Crippen molar-refractivity contribution in [1.82, 2.24) is 5.32 Å². The predicted octanol–water partition coefficient (Wildman–Crippen LogP) is 1.95. The van der Waals surface area contributed by atoms with Gasteiger partial charge < -0.3 is 10.6 Å². The van der Waals surface area contributed by atoms with Crippen LogP contribution in [0.3, 0.4) is 0 Å². The van der Waals surface area contributed by atoms with Crippen molar-refractivity contribution < 1.29 is 9.59 Å². The molecule has 0 spiro atoms. The zero-order valence-corrected chi connectivity index (χ0v) is 9.96. The Bertz CT molecular complexity index is 444. The number of carbonyl (C=O) groups is 2. The molecule has 5 heteroatoms. The number of halogens is 1. The summed E-state index contributed by atoms with van der Waals surface area (Å²) in [5.74, 6) is -0.590. The minimum atomic E-state index is -0.351. The van der Waals surface area contributed by atoms with Crippen molar-refractivity contribution in [2.45, 2.75) is 25.3 Å². The first kappa shape index (κ1) is 11.9. The van der Waals surface area contributed by atoms with Gasteiger partial charge in [-0.2, -0.15) is 0 Å². The van der Waals surface area contributed by atoms with E-state index in [0.717, 1.165) is 12.8 Å². The summed E-state index contributed by atoms with van der Waals surface area (Å²) >= 11 is 5.88. The third-order valence-electron chi connectivity index (χ3n) is 2.41. The van der Waals surface area contributed by atoms with E-state index < -0.39 is 0 Å².